The zero-order valence-corrected chi connectivity index (χ0v) is 11.2. The Balaban J connectivity index is 2.36. The quantitative estimate of drug-likeness (QED) is 0.888. The van der Waals surface area contributed by atoms with Crippen molar-refractivity contribution in [2.45, 2.75) is 24.3 Å². The van der Waals surface area contributed by atoms with E-state index in [9.17, 15) is 13.5 Å². The molecule has 6 heteroatoms. The molecule has 1 saturated heterocycles. The third-order valence-electron chi connectivity index (χ3n) is 2.80. The summed E-state index contributed by atoms with van der Waals surface area (Å²) in [7, 11) is -3.54. The lowest BCUT2D eigenvalue weighted by Crippen LogP contribution is -2.61. The number of aliphatic hydroxyl groups is 1. The highest BCUT2D eigenvalue weighted by atomic mass is 35.5. The predicted molar refractivity (Wildman–Crippen MR) is 65.6 cm³/mol. The number of aryl methyl sites for hydroxylation is 1. The standard InChI is InChI=1S/C11H14ClNO3S/c1-8-3-4-9(12)5-10(8)17(15,16)13-6-11(2,14)7-13/h3-5,14H,6-7H2,1-2H3. The lowest BCUT2D eigenvalue weighted by Gasteiger charge is -2.43. The minimum Gasteiger partial charge on any atom is -0.387 e. The number of sulfonamides is 1. The molecular formula is C11H14ClNO3S. The molecule has 0 aliphatic carbocycles. The monoisotopic (exact) mass is 275 g/mol. The summed E-state index contributed by atoms with van der Waals surface area (Å²) in [6.07, 6.45) is 0. The number of hydrogen-bond donors (Lipinski definition) is 1. The molecule has 0 bridgehead atoms. The molecule has 0 saturated carbocycles. The van der Waals surface area contributed by atoms with E-state index in [-0.39, 0.29) is 18.0 Å². The summed E-state index contributed by atoms with van der Waals surface area (Å²) in [4.78, 5) is 0.209. The van der Waals surface area contributed by atoms with Crippen molar-refractivity contribution in [2.24, 2.45) is 0 Å². The molecule has 1 aliphatic rings. The zero-order chi connectivity index (χ0) is 12.8. The Morgan fingerprint density at radius 1 is 1.41 bits per heavy atom. The van der Waals surface area contributed by atoms with Crippen LogP contribution in [0.3, 0.4) is 0 Å². The summed E-state index contributed by atoms with van der Waals surface area (Å²) < 4.78 is 25.7. The topological polar surface area (TPSA) is 57.6 Å². The Kier molecular flexibility index (Phi) is 2.98. The van der Waals surface area contributed by atoms with Gasteiger partial charge in [0, 0.05) is 18.1 Å². The third-order valence-corrected chi connectivity index (χ3v) is 4.97. The summed E-state index contributed by atoms with van der Waals surface area (Å²) in [5.41, 5.74) is -0.263. The van der Waals surface area contributed by atoms with Crippen molar-refractivity contribution < 1.29 is 13.5 Å². The maximum Gasteiger partial charge on any atom is 0.243 e. The summed E-state index contributed by atoms with van der Waals surface area (Å²) >= 11 is 5.81. The van der Waals surface area contributed by atoms with Crippen molar-refractivity contribution >= 4 is 21.6 Å². The van der Waals surface area contributed by atoms with Gasteiger partial charge in [-0.25, -0.2) is 8.42 Å². The van der Waals surface area contributed by atoms with E-state index in [0.29, 0.717) is 10.6 Å². The summed E-state index contributed by atoms with van der Waals surface area (Å²) in [5, 5.41) is 9.98. The van der Waals surface area contributed by atoms with E-state index < -0.39 is 15.6 Å². The molecule has 1 N–H and O–H groups in total. The second-order valence-corrected chi connectivity index (χ2v) is 7.02. The molecular weight excluding hydrogens is 262 g/mol. The van der Waals surface area contributed by atoms with Crippen molar-refractivity contribution in [3.63, 3.8) is 0 Å². The van der Waals surface area contributed by atoms with Crippen molar-refractivity contribution in [3.05, 3.63) is 28.8 Å². The highest BCUT2D eigenvalue weighted by Gasteiger charge is 2.44. The van der Waals surface area contributed by atoms with E-state index in [1.165, 1.54) is 10.4 Å². The molecule has 17 heavy (non-hydrogen) atoms. The maximum atomic E-state index is 12.2. The van der Waals surface area contributed by atoms with Crippen LogP contribution in [0.5, 0.6) is 0 Å². The first-order chi connectivity index (χ1) is 7.72. The lowest BCUT2D eigenvalue weighted by atomic mass is 10.0. The van der Waals surface area contributed by atoms with Crippen LogP contribution in [-0.2, 0) is 10.0 Å². The predicted octanol–water partition coefficient (Wildman–Crippen LogP) is 1.40. The molecule has 1 fully saturated rings. The molecule has 0 atom stereocenters. The molecule has 2 rings (SSSR count). The summed E-state index contributed by atoms with van der Waals surface area (Å²) in [6.45, 7) is 3.59. The van der Waals surface area contributed by atoms with Crippen LogP contribution in [0.15, 0.2) is 23.1 Å². The van der Waals surface area contributed by atoms with Gasteiger partial charge in [0.25, 0.3) is 0 Å². The van der Waals surface area contributed by atoms with Crippen LogP contribution in [0, 0.1) is 6.92 Å². The fraction of sp³-hybridized carbons (Fsp3) is 0.455. The molecule has 1 aliphatic heterocycles. The van der Waals surface area contributed by atoms with Crippen LogP contribution < -0.4 is 0 Å². The maximum absolute atomic E-state index is 12.2. The number of benzene rings is 1. The minimum atomic E-state index is -3.54. The lowest BCUT2D eigenvalue weighted by molar-refractivity contribution is -0.0426. The molecule has 1 heterocycles. The Labute approximate surface area is 106 Å². The Morgan fingerprint density at radius 3 is 2.53 bits per heavy atom. The first-order valence-electron chi connectivity index (χ1n) is 5.21. The Hall–Kier alpha value is -0.620. The average molecular weight is 276 g/mol. The van der Waals surface area contributed by atoms with Gasteiger partial charge in [0.2, 0.25) is 10.0 Å². The first kappa shape index (κ1) is 12.8. The Bertz CT molecular complexity index is 546. The normalized spacial score (nSPS) is 20.0. The summed E-state index contributed by atoms with van der Waals surface area (Å²) in [5.74, 6) is 0. The molecule has 0 aromatic heterocycles. The van der Waals surface area contributed by atoms with Gasteiger partial charge in [-0.3, -0.25) is 0 Å². The molecule has 0 spiro atoms. The van der Waals surface area contributed by atoms with Crippen molar-refractivity contribution in [3.8, 4) is 0 Å². The number of rotatable bonds is 2. The largest absolute Gasteiger partial charge is 0.387 e. The fourth-order valence-corrected chi connectivity index (χ4v) is 4.04. The van der Waals surface area contributed by atoms with E-state index in [4.69, 9.17) is 11.6 Å². The number of halogens is 1. The van der Waals surface area contributed by atoms with Crippen LogP contribution in [0.1, 0.15) is 12.5 Å². The highest BCUT2D eigenvalue weighted by Crippen LogP contribution is 2.30. The van der Waals surface area contributed by atoms with E-state index in [1.807, 2.05) is 0 Å². The summed E-state index contributed by atoms with van der Waals surface area (Å²) in [6, 6.07) is 4.77. The molecule has 0 amide bonds. The van der Waals surface area contributed by atoms with Gasteiger partial charge >= 0.3 is 0 Å². The SMILES string of the molecule is Cc1ccc(Cl)cc1S(=O)(=O)N1CC(C)(O)C1. The van der Waals surface area contributed by atoms with Gasteiger partial charge in [0.1, 0.15) is 0 Å². The van der Waals surface area contributed by atoms with Crippen LogP contribution in [-0.4, -0.2) is 36.5 Å². The van der Waals surface area contributed by atoms with Crippen LogP contribution >= 0.6 is 11.6 Å². The smallest absolute Gasteiger partial charge is 0.243 e. The molecule has 1 aromatic carbocycles. The van der Waals surface area contributed by atoms with Crippen LogP contribution in [0.25, 0.3) is 0 Å². The van der Waals surface area contributed by atoms with Gasteiger partial charge in [-0.15, -0.1) is 0 Å². The molecule has 4 nitrogen and oxygen atoms in total. The van der Waals surface area contributed by atoms with Gasteiger partial charge in [0.15, 0.2) is 0 Å². The minimum absolute atomic E-state index is 0.126. The first-order valence-corrected chi connectivity index (χ1v) is 7.03. The van der Waals surface area contributed by atoms with Crippen LogP contribution in [0.4, 0.5) is 0 Å². The van der Waals surface area contributed by atoms with Gasteiger partial charge in [-0.05, 0) is 31.5 Å². The van der Waals surface area contributed by atoms with E-state index in [2.05, 4.69) is 0 Å². The number of β-amino-alcohol motifs (C(OH)–C–C–N with tert-alkyl or cyclic N) is 1. The molecule has 0 radical (unpaired) electrons. The van der Waals surface area contributed by atoms with Crippen molar-refractivity contribution in [2.75, 3.05) is 13.1 Å². The number of nitrogens with zero attached hydrogens (tertiary/aromatic N) is 1. The Morgan fingerprint density at radius 2 is 2.00 bits per heavy atom. The van der Waals surface area contributed by atoms with E-state index in [0.717, 1.165) is 0 Å². The van der Waals surface area contributed by atoms with Crippen molar-refractivity contribution in [1.82, 2.24) is 4.31 Å². The molecule has 94 valence electrons. The second-order valence-electron chi connectivity index (χ2n) is 4.68. The zero-order valence-electron chi connectivity index (χ0n) is 9.64. The number of hydrogen-bond acceptors (Lipinski definition) is 3. The van der Waals surface area contributed by atoms with Gasteiger partial charge < -0.3 is 5.11 Å². The van der Waals surface area contributed by atoms with E-state index in [1.54, 1.807) is 26.0 Å². The third kappa shape index (κ3) is 2.33. The molecule has 0 unspecified atom stereocenters. The van der Waals surface area contributed by atoms with Crippen LogP contribution in [0.2, 0.25) is 5.02 Å². The van der Waals surface area contributed by atoms with Gasteiger partial charge in [-0.2, -0.15) is 4.31 Å². The van der Waals surface area contributed by atoms with Gasteiger partial charge in [-0.1, -0.05) is 17.7 Å². The van der Waals surface area contributed by atoms with Crippen molar-refractivity contribution in [1.29, 1.82) is 0 Å². The fourth-order valence-electron chi connectivity index (χ4n) is 1.87. The highest BCUT2D eigenvalue weighted by molar-refractivity contribution is 7.89. The van der Waals surface area contributed by atoms with E-state index >= 15 is 0 Å². The second kappa shape index (κ2) is 3.95. The van der Waals surface area contributed by atoms with Gasteiger partial charge in [0.05, 0.1) is 10.5 Å². The molecule has 1 aromatic rings. The average Bonchev–Trinajstić information content (AvgIpc) is 2.18.